The molecule has 2 fully saturated rings. The van der Waals surface area contributed by atoms with Crippen LogP contribution in [0.15, 0.2) is 29.2 Å². The van der Waals surface area contributed by atoms with Crippen molar-refractivity contribution in [3.63, 3.8) is 0 Å². The fourth-order valence-electron chi connectivity index (χ4n) is 4.10. The summed E-state index contributed by atoms with van der Waals surface area (Å²) in [6.45, 7) is 11.4. The second-order valence-electron chi connectivity index (χ2n) is 9.28. The number of thioether (sulfide) groups is 1. The van der Waals surface area contributed by atoms with Gasteiger partial charge in [0.05, 0.1) is 10.4 Å². The maximum atomic E-state index is 13.1. The van der Waals surface area contributed by atoms with Crippen molar-refractivity contribution >= 4 is 57.0 Å². The Bertz CT molecular complexity index is 1040. The number of aromatic nitrogens is 1. The van der Waals surface area contributed by atoms with Crippen LogP contribution in [-0.4, -0.2) is 39.7 Å². The SMILES string of the molecule is Cc1ccc2nc(N3CCC(C)CC3)c(/C=C3\SC(=S)N(CCC(C)C)C3=O)cc2c1. The Balaban J connectivity index is 1.72. The molecule has 0 radical (unpaired) electrons. The zero-order valence-electron chi connectivity index (χ0n) is 18.9. The zero-order valence-corrected chi connectivity index (χ0v) is 20.5. The first-order valence-corrected chi connectivity index (χ1v) is 12.5. The monoisotopic (exact) mass is 453 g/mol. The number of amides is 1. The van der Waals surface area contributed by atoms with Gasteiger partial charge in [0.25, 0.3) is 5.91 Å². The van der Waals surface area contributed by atoms with Crippen LogP contribution in [0.1, 0.15) is 51.2 Å². The second-order valence-corrected chi connectivity index (χ2v) is 11.0. The molecule has 6 heteroatoms. The molecular weight excluding hydrogens is 422 g/mol. The van der Waals surface area contributed by atoms with Gasteiger partial charge in [0.2, 0.25) is 0 Å². The highest BCUT2D eigenvalue weighted by Gasteiger charge is 2.32. The number of carbonyl (C=O) groups is 1. The Hall–Kier alpha value is -1.92. The summed E-state index contributed by atoms with van der Waals surface area (Å²) in [6, 6.07) is 8.55. The van der Waals surface area contributed by atoms with E-state index in [1.165, 1.54) is 30.2 Å². The van der Waals surface area contributed by atoms with E-state index in [4.69, 9.17) is 17.2 Å². The van der Waals surface area contributed by atoms with Crippen molar-refractivity contribution in [2.75, 3.05) is 24.5 Å². The zero-order chi connectivity index (χ0) is 22.1. The lowest BCUT2D eigenvalue weighted by Crippen LogP contribution is -2.34. The van der Waals surface area contributed by atoms with Gasteiger partial charge in [0.1, 0.15) is 10.1 Å². The average Bonchev–Trinajstić information content (AvgIpc) is 2.99. The lowest BCUT2D eigenvalue weighted by molar-refractivity contribution is -0.122. The summed E-state index contributed by atoms with van der Waals surface area (Å²) in [7, 11) is 0. The summed E-state index contributed by atoms with van der Waals surface area (Å²) >= 11 is 6.94. The van der Waals surface area contributed by atoms with Gasteiger partial charge in [0.15, 0.2) is 0 Å². The Kier molecular flexibility index (Phi) is 6.68. The van der Waals surface area contributed by atoms with Crippen molar-refractivity contribution < 1.29 is 4.79 Å². The van der Waals surface area contributed by atoms with Crippen molar-refractivity contribution in [2.24, 2.45) is 11.8 Å². The number of hydrogen-bond acceptors (Lipinski definition) is 5. The quantitative estimate of drug-likeness (QED) is 0.408. The first-order valence-electron chi connectivity index (χ1n) is 11.2. The van der Waals surface area contributed by atoms with Crippen LogP contribution in [-0.2, 0) is 4.79 Å². The maximum absolute atomic E-state index is 13.1. The number of nitrogens with zero attached hydrogens (tertiary/aromatic N) is 3. The van der Waals surface area contributed by atoms with Crippen LogP contribution in [0.5, 0.6) is 0 Å². The van der Waals surface area contributed by atoms with Crippen molar-refractivity contribution in [3.8, 4) is 0 Å². The summed E-state index contributed by atoms with van der Waals surface area (Å²) in [4.78, 5) is 23.0. The first kappa shape index (κ1) is 22.3. The van der Waals surface area contributed by atoms with Crippen LogP contribution in [0.4, 0.5) is 5.82 Å². The van der Waals surface area contributed by atoms with E-state index in [1.807, 2.05) is 6.08 Å². The van der Waals surface area contributed by atoms with E-state index >= 15 is 0 Å². The molecule has 2 aliphatic heterocycles. The largest absolute Gasteiger partial charge is 0.356 e. The van der Waals surface area contributed by atoms with E-state index in [-0.39, 0.29) is 5.91 Å². The van der Waals surface area contributed by atoms with Gasteiger partial charge in [-0.1, -0.05) is 56.4 Å². The lowest BCUT2D eigenvalue weighted by Gasteiger charge is -2.32. The van der Waals surface area contributed by atoms with Crippen molar-refractivity contribution in [1.82, 2.24) is 9.88 Å². The fraction of sp³-hybridized carbons (Fsp3) is 0.480. The predicted molar refractivity (Wildman–Crippen MR) is 136 cm³/mol. The van der Waals surface area contributed by atoms with E-state index in [9.17, 15) is 4.79 Å². The molecule has 31 heavy (non-hydrogen) atoms. The van der Waals surface area contributed by atoms with E-state index in [2.05, 4.69) is 56.9 Å². The van der Waals surface area contributed by atoms with Crippen LogP contribution >= 0.6 is 24.0 Å². The molecule has 1 aromatic heterocycles. The highest BCUT2D eigenvalue weighted by Crippen LogP contribution is 2.36. The van der Waals surface area contributed by atoms with Gasteiger partial charge in [-0.25, -0.2) is 4.98 Å². The lowest BCUT2D eigenvalue weighted by atomic mass is 9.98. The van der Waals surface area contributed by atoms with Crippen LogP contribution in [0.3, 0.4) is 0 Å². The first-order chi connectivity index (χ1) is 14.8. The molecule has 0 aliphatic carbocycles. The number of pyridine rings is 1. The average molecular weight is 454 g/mol. The number of benzene rings is 1. The van der Waals surface area contributed by atoms with E-state index in [0.717, 1.165) is 47.7 Å². The van der Waals surface area contributed by atoms with Gasteiger partial charge < -0.3 is 4.90 Å². The second kappa shape index (κ2) is 9.29. The summed E-state index contributed by atoms with van der Waals surface area (Å²) in [5.41, 5.74) is 3.22. The highest BCUT2D eigenvalue weighted by molar-refractivity contribution is 8.26. The molecule has 0 saturated carbocycles. The minimum atomic E-state index is 0.0261. The number of carbonyl (C=O) groups excluding carboxylic acids is 1. The molecule has 0 bridgehead atoms. The third-order valence-electron chi connectivity index (χ3n) is 6.15. The van der Waals surface area contributed by atoms with Crippen molar-refractivity contribution in [3.05, 3.63) is 40.3 Å². The third-order valence-corrected chi connectivity index (χ3v) is 7.53. The molecule has 1 amide bonds. The standard InChI is InChI=1S/C25H31N3OS2/c1-16(2)7-12-28-24(29)22(31-25(28)30)15-20-14-19-13-18(4)5-6-21(19)26-23(20)27-10-8-17(3)9-11-27/h5-6,13-17H,7-12H2,1-4H3/b22-15-. The predicted octanol–water partition coefficient (Wildman–Crippen LogP) is 6.03. The Morgan fingerprint density at radius 3 is 2.71 bits per heavy atom. The molecule has 4 nitrogen and oxygen atoms in total. The van der Waals surface area contributed by atoms with Gasteiger partial charge in [-0.3, -0.25) is 9.69 Å². The number of fused-ring (bicyclic) bond motifs is 1. The van der Waals surface area contributed by atoms with Crippen LogP contribution < -0.4 is 4.90 Å². The minimum Gasteiger partial charge on any atom is -0.356 e. The number of aryl methyl sites for hydroxylation is 1. The van der Waals surface area contributed by atoms with Gasteiger partial charge in [-0.05, 0) is 62.3 Å². The number of hydrogen-bond donors (Lipinski definition) is 0. The molecule has 0 spiro atoms. The van der Waals surface area contributed by atoms with Gasteiger partial charge >= 0.3 is 0 Å². The smallest absolute Gasteiger partial charge is 0.266 e. The topological polar surface area (TPSA) is 36.4 Å². The molecule has 4 rings (SSSR count). The normalized spacial score (nSPS) is 19.5. The van der Waals surface area contributed by atoms with Crippen LogP contribution in [0.2, 0.25) is 0 Å². The molecule has 1 aromatic carbocycles. The van der Waals surface area contributed by atoms with Gasteiger partial charge in [-0.2, -0.15) is 0 Å². The van der Waals surface area contributed by atoms with Crippen LogP contribution in [0, 0.1) is 18.8 Å². The van der Waals surface area contributed by atoms with E-state index in [1.54, 1.807) is 4.90 Å². The van der Waals surface area contributed by atoms with Crippen molar-refractivity contribution in [2.45, 2.75) is 47.0 Å². The van der Waals surface area contributed by atoms with E-state index < -0.39 is 0 Å². The third kappa shape index (κ3) is 4.96. The Morgan fingerprint density at radius 1 is 1.26 bits per heavy atom. The van der Waals surface area contributed by atoms with Gasteiger partial charge in [0, 0.05) is 30.6 Å². The molecule has 2 aliphatic rings. The number of thiocarbonyl (C=S) groups is 1. The molecule has 3 heterocycles. The number of piperidine rings is 1. The molecule has 0 atom stereocenters. The summed E-state index contributed by atoms with van der Waals surface area (Å²) in [5, 5.41) is 1.11. The van der Waals surface area contributed by atoms with Crippen molar-refractivity contribution in [1.29, 1.82) is 0 Å². The molecular formula is C25H31N3OS2. The summed E-state index contributed by atoms with van der Waals surface area (Å²) < 4.78 is 0.662. The highest BCUT2D eigenvalue weighted by atomic mass is 32.2. The number of anilines is 1. The van der Waals surface area contributed by atoms with E-state index in [0.29, 0.717) is 21.7 Å². The Labute approximate surface area is 195 Å². The molecule has 2 saturated heterocycles. The number of rotatable bonds is 5. The minimum absolute atomic E-state index is 0.0261. The van der Waals surface area contributed by atoms with Crippen LogP contribution in [0.25, 0.3) is 17.0 Å². The summed E-state index contributed by atoms with van der Waals surface area (Å²) in [5.74, 6) is 2.29. The molecule has 0 unspecified atom stereocenters. The molecule has 2 aromatic rings. The van der Waals surface area contributed by atoms with Gasteiger partial charge in [-0.15, -0.1) is 0 Å². The molecule has 164 valence electrons. The summed E-state index contributed by atoms with van der Waals surface area (Å²) in [6.07, 6.45) is 5.30. The maximum Gasteiger partial charge on any atom is 0.266 e. The Morgan fingerprint density at radius 2 is 2.00 bits per heavy atom. The fourth-order valence-corrected chi connectivity index (χ4v) is 5.40. The molecule has 0 N–H and O–H groups in total.